The van der Waals surface area contributed by atoms with Gasteiger partial charge in [0.05, 0.1) is 12.5 Å². The third-order valence-electron chi connectivity index (χ3n) is 6.38. The highest BCUT2D eigenvalue weighted by atomic mass is 19.1. The summed E-state index contributed by atoms with van der Waals surface area (Å²) in [7, 11) is 1.58. The number of hydrogen-bond donors (Lipinski definition) is 1. The third-order valence-corrected chi connectivity index (χ3v) is 6.38. The molecule has 4 rings (SSSR count). The van der Waals surface area contributed by atoms with Gasteiger partial charge in [0.1, 0.15) is 11.6 Å². The largest absolute Gasteiger partial charge is 0.496 e. The van der Waals surface area contributed by atoms with Crippen molar-refractivity contribution in [3.8, 4) is 16.9 Å². The van der Waals surface area contributed by atoms with Crippen LogP contribution in [0.4, 0.5) is 4.39 Å². The number of carbonyl (C=O) groups excluding carboxylic acids is 1. The maximum Gasteiger partial charge on any atom is 0.226 e. The number of benzene rings is 2. The van der Waals surface area contributed by atoms with E-state index in [0.717, 1.165) is 23.1 Å². The summed E-state index contributed by atoms with van der Waals surface area (Å²) < 4.78 is 25.2. The number of ether oxygens (including phenoxy) is 2. The van der Waals surface area contributed by atoms with Crippen LogP contribution >= 0.6 is 0 Å². The molecule has 6 heteroatoms. The fraction of sp³-hybridized carbons (Fsp3) is 0.333. The van der Waals surface area contributed by atoms with Crippen LogP contribution in [0.5, 0.6) is 5.75 Å². The standard InChI is InChI=1S/C27H29FN2O3/c1-32-25-7-6-22(28)18-24(25)23-5-3-2-4-21(23)19-27(11-16-33-17-12-27)26(31)30-15-10-20-8-13-29-14-9-20/h2-9,13-14,18H,10-12,15-17,19H2,1H3,(H,30,31). The van der Waals surface area contributed by atoms with Crippen LogP contribution < -0.4 is 10.1 Å². The molecule has 2 heterocycles. The Morgan fingerprint density at radius 2 is 1.85 bits per heavy atom. The maximum absolute atomic E-state index is 14.1. The molecule has 3 aromatic rings. The van der Waals surface area contributed by atoms with Crippen molar-refractivity contribution in [3.63, 3.8) is 0 Å². The lowest BCUT2D eigenvalue weighted by molar-refractivity contribution is -0.136. The number of pyridine rings is 1. The predicted octanol–water partition coefficient (Wildman–Crippen LogP) is 4.59. The highest BCUT2D eigenvalue weighted by Crippen LogP contribution is 2.39. The monoisotopic (exact) mass is 448 g/mol. The van der Waals surface area contributed by atoms with Crippen molar-refractivity contribution in [1.82, 2.24) is 10.3 Å². The number of halogens is 1. The summed E-state index contributed by atoms with van der Waals surface area (Å²) in [6, 6.07) is 16.3. The Kier molecular flexibility index (Phi) is 7.35. The Balaban J connectivity index is 1.58. The Morgan fingerprint density at radius 3 is 2.61 bits per heavy atom. The van der Waals surface area contributed by atoms with Gasteiger partial charge in [0.25, 0.3) is 0 Å². The molecule has 1 amide bonds. The van der Waals surface area contributed by atoms with Gasteiger partial charge in [0, 0.05) is 37.7 Å². The van der Waals surface area contributed by atoms with E-state index in [1.807, 2.05) is 36.4 Å². The van der Waals surface area contributed by atoms with Gasteiger partial charge in [0.2, 0.25) is 5.91 Å². The van der Waals surface area contributed by atoms with Gasteiger partial charge in [-0.2, -0.15) is 0 Å². The van der Waals surface area contributed by atoms with E-state index in [9.17, 15) is 9.18 Å². The lowest BCUT2D eigenvalue weighted by Crippen LogP contribution is -2.46. The Morgan fingerprint density at radius 1 is 1.09 bits per heavy atom. The number of nitrogens with one attached hydrogen (secondary N) is 1. The summed E-state index contributed by atoms with van der Waals surface area (Å²) in [6.45, 7) is 1.65. The van der Waals surface area contributed by atoms with Crippen LogP contribution in [-0.2, 0) is 22.4 Å². The van der Waals surface area contributed by atoms with Crippen molar-refractivity contribution in [2.24, 2.45) is 5.41 Å². The number of methoxy groups -OCH3 is 1. The predicted molar refractivity (Wildman–Crippen MR) is 126 cm³/mol. The molecule has 0 unspecified atom stereocenters. The summed E-state index contributed by atoms with van der Waals surface area (Å²) in [5.74, 6) is 0.322. The highest BCUT2D eigenvalue weighted by molar-refractivity contribution is 5.84. The smallest absolute Gasteiger partial charge is 0.226 e. The molecule has 33 heavy (non-hydrogen) atoms. The normalized spacial score (nSPS) is 15.1. The number of amides is 1. The Hall–Kier alpha value is -3.25. The van der Waals surface area contributed by atoms with Crippen LogP contribution in [-0.4, -0.2) is 37.8 Å². The van der Waals surface area contributed by atoms with E-state index in [1.54, 1.807) is 25.6 Å². The van der Waals surface area contributed by atoms with Gasteiger partial charge in [-0.05, 0) is 72.7 Å². The molecule has 172 valence electrons. The second kappa shape index (κ2) is 10.6. The molecule has 0 aliphatic carbocycles. The van der Waals surface area contributed by atoms with Crippen molar-refractivity contribution >= 4 is 5.91 Å². The molecule has 0 atom stereocenters. The SMILES string of the molecule is COc1ccc(F)cc1-c1ccccc1CC1(C(=O)NCCc2ccncc2)CCOCC1. The van der Waals surface area contributed by atoms with Crippen LogP contribution in [0.1, 0.15) is 24.0 Å². The zero-order valence-corrected chi connectivity index (χ0v) is 18.9. The van der Waals surface area contributed by atoms with Crippen molar-refractivity contribution < 1.29 is 18.7 Å². The molecule has 0 spiro atoms. The van der Waals surface area contributed by atoms with Crippen LogP contribution in [0.2, 0.25) is 0 Å². The van der Waals surface area contributed by atoms with Gasteiger partial charge < -0.3 is 14.8 Å². The van der Waals surface area contributed by atoms with Crippen molar-refractivity contribution in [2.45, 2.75) is 25.7 Å². The molecule has 2 aromatic carbocycles. The van der Waals surface area contributed by atoms with Gasteiger partial charge in [-0.25, -0.2) is 4.39 Å². The Bertz CT molecular complexity index is 1080. The first-order valence-corrected chi connectivity index (χ1v) is 11.3. The van der Waals surface area contributed by atoms with Gasteiger partial charge in [-0.3, -0.25) is 9.78 Å². The molecular weight excluding hydrogens is 419 g/mol. The summed E-state index contributed by atoms with van der Waals surface area (Å²) in [5.41, 5.74) is 3.12. The van der Waals surface area contributed by atoms with E-state index in [0.29, 0.717) is 50.3 Å². The van der Waals surface area contributed by atoms with E-state index in [4.69, 9.17) is 9.47 Å². The van der Waals surface area contributed by atoms with E-state index in [1.165, 1.54) is 12.1 Å². The molecule has 0 saturated carbocycles. The van der Waals surface area contributed by atoms with Crippen LogP contribution in [0.25, 0.3) is 11.1 Å². The molecule has 1 fully saturated rings. The first-order chi connectivity index (χ1) is 16.1. The first kappa shape index (κ1) is 22.9. The Labute approximate surface area is 194 Å². The van der Waals surface area contributed by atoms with Crippen LogP contribution in [0.3, 0.4) is 0 Å². The second-order valence-electron chi connectivity index (χ2n) is 8.43. The molecule has 1 N–H and O–H groups in total. The molecular formula is C27H29FN2O3. The van der Waals surface area contributed by atoms with Gasteiger partial charge in [-0.1, -0.05) is 24.3 Å². The summed E-state index contributed by atoms with van der Waals surface area (Å²) in [6.07, 6.45) is 6.10. The summed E-state index contributed by atoms with van der Waals surface area (Å²) in [5, 5.41) is 3.15. The average Bonchev–Trinajstić information content (AvgIpc) is 2.85. The molecule has 1 saturated heterocycles. The molecule has 1 aliphatic rings. The van der Waals surface area contributed by atoms with E-state index >= 15 is 0 Å². The number of aromatic nitrogens is 1. The van der Waals surface area contributed by atoms with E-state index in [2.05, 4.69) is 10.3 Å². The van der Waals surface area contributed by atoms with Crippen molar-refractivity contribution in [1.29, 1.82) is 0 Å². The number of hydrogen-bond acceptors (Lipinski definition) is 4. The second-order valence-corrected chi connectivity index (χ2v) is 8.43. The third kappa shape index (κ3) is 5.40. The summed E-state index contributed by atoms with van der Waals surface area (Å²) in [4.78, 5) is 17.5. The first-order valence-electron chi connectivity index (χ1n) is 11.3. The zero-order chi connectivity index (χ0) is 23.1. The minimum Gasteiger partial charge on any atom is -0.496 e. The minimum atomic E-state index is -0.576. The lowest BCUT2D eigenvalue weighted by atomic mass is 9.73. The quantitative estimate of drug-likeness (QED) is 0.547. The zero-order valence-electron chi connectivity index (χ0n) is 18.9. The highest BCUT2D eigenvalue weighted by Gasteiger charge is 2.40. The molecule has 1 aromatic heterocycles. The van der Waals surface area contributed by atoms with Crippen molar-refractivity contribution in [2.75, 3.05) is 26.9 Å². The fourth-order valence-electron chi connectivity index (χ4n) is 4.50. The lowest BCUT2D eigenvalue weighted by Gasteiger charge is -2.36. The number of nitrogens with zero attached hydrogens (tertiary/aromatic N) is 1. The minimum absolute atomic E-state index is 0.0425. The molecule has 0 radical (unpaired) electrons. The van der Waals surface area contributed by atoms with Gasteiger partial charge in [-0.15, -0.1) is 0 Å². The van der Waals surface area contributed by atoms with Gasteiger partial charge in [0.15, 0.2) is 0 Å². The van der Waals surface area contributed by atoms with Crippen LogP contribution in [0.15, 0.2) is 67.0 Å². The van der Waals surface area contributed by atoms with Gasteiger partial charge >= 0.3 is 0 Å². The van der Waals surface area contributed by atoms with E-state index < -0.39 is 5.41 Å². The molecule has 5 nitrogen and oxygen atoms in total. The van der Waals surface area contributed by atoms with Crippen molar-refractivity contribution in [3.05, 3.63) is 83.9 Å². The molecule has 1 aliphatic heterocycles. The van der Waals surface area contributed by atoms with E-state index in [-0.39, 0.29) is 11.7 Å². The topological polar surface area (TPSA) is 60.5 Å². The fourth-order valence-corrected chi connectivity index (χ4v) is 4.50. The van der Waals surface area contributed by atoms with Crippen LogP contribution in [0, 0.1) is 11.2 Å². The number of carbonyl (C=O) groups is 1. The molecule has 0 bridgehead atoms. The average molecular weight is 449 g/mol. The number of rotatable bonds is 8. The maximum atomic E-state index is 14.1. The summed E-state index contributed by atoms with van der Waals surface area (Å²) >= 11 is 0.